The lowest BCUT2D eigenvalue weighted by molar-refractivity contribution is 0.276. The van der Waals surface area contributed by atoms with E-state index < -0.39 is 0 Å². The van der Waals surface area contributed by atoms with Crippen LogP contribution >= 0.6 is 0 Å². The highest BCUT2D eigenvalue weighted by Gasteiger charge is 2.20. The summed E-state index contributed by atoms with van der Waals surface area (Å²) in [4.78, 5) is 12.2. The minimum absolute atomic E-state index is 0.277. The van der Waals surface area contributed by atoms with Gasteiger partial charge >= 0.3 is 0 Å². The first kappa shape index (κ1) is 13.8. The summed E-state index contributed by atoms with van der Waals surface area (Å²) in [5, 5.41) is 9.15. The van der Waals surface area contributed by atoms with Gasteiger partial charge in [-0.05, 0) is 6.07 Å². The third kappa shape index (κ3) is 2.80. The largest absolute Gasteiger partial charge is 0.392 e. The topological polar surface area (TPSA) is 52.5 Å². The van der Waals surface area contributed by atoms with Crippen LogP contribution in [0.15, 0.2) is 36.9 Å². The zero-order chi connectivity index (χ0) is 14.7. The van der Waals surface area contributed by atoms with E-state index in [0.717, 1.165) is 31.9 Å². The van der Waals surface area contributed by atoms with Gasteiger partial charge in [0.25, 0.3) is 0 Å². The number of halogens is 1. The minimum atomic E-state index is -0.323. The molecule has 21 heavy (non-hydrogen) atoms. The van der Waals surface area contributed by atoms with Gasteiger partial charge in [-0.25, -0.2) is 14.4 Å². The van der Waals surface area contributed by atoms with Crippen molar-refractivity contribution in [1.82, 2.24) is 9.97 Å². The number of benzene rings is 1. The maximum Gasteiger partial charge on any atom is 0.151 e. The summed E-state index contributed by atoms with van der Waals surface area (Å²) in [6, 6.07) is 5.15. The van der Waals surface area contributed by atoms with Crippen LogP contribution in [0.25, 0.3) is 0 Å². The Morgan fingerprint density at radius 1 is 1.05 bits per heavy atom. The number of hydrogen-bond acceptors (Lipinski definition) is 5. The van der Waals surface area contributed by atoms with Gasteiger partial charge in [0.2, 0.25) is 0 Å². The van der Waals surface area contributed by atoms with Crippen LogP contribution in [0.1, 0.15) is 5.56 Å². The molecule has 0 amide bonds. The number of nitrogens with zero attached hydrogens (tertiary/aromatic N) is 4. The molecule has 110 valence electrons. The van der Waals surface area contributed by atoms with Gasteiger partial charge in [0.15, 0.2) is 5.82 Å². The van der Waals surface area contributed by atoms with Crippen molar-refractivity contribution in [3.63, 3.8) is 0 Å². The molecule has 1 aliphatic heterocycles. The van der Waals surface area contributed by atoms with Crippen LogP contribution in [-0.2, 0) is 6.61 Å². The van der Waals surface area contributed by atoms with E-state index in [-0.39, 0.29) is 12.4 Å². The molecule has 1 fully saturated rings. The molecule has 1 saturated heterocycles. The van der Waals surface area contributed by atoms with Crippen molar-refractivity contribution in [2.24, 2.45) is 0 Å². The molecule has 1 aliphatic rings. The van der Waals surface area contributed by atoms with Crippen molar-refractivity contribution < 1.29 is 9.50 Å². The van der Waals surface area contributed by atoms with Crippen LogP contribution < -0.4 is 9.80 Å². The molecule has 3 rings (SSSR count). The predicted molar refractivity (Wildman–Crippen MR) is 78.8 cm³/mol. The smallest absolute Gasteiger partial charge is 0.151 e. The molecule has 0 atom stereocenters. The number of aliphatic hydroxyl groups excluding tert-OH is 1. The second-order valence-electron chi connectivity index (χ2n) is 4.98. The van der Waals surface area contributed by atoms with Gasteiger partial charge in [-0.1, -0.05) is 12.1 Å². The van der Waals surface area contributed by atoms with E-state index in [1.54, 1.807) is 30.6 Å². The Balaban J connectivity index is 1.72. The summed E-state index contributed by atoms with van der Waals surface area (Å²) < 4.78 is 14.2. The van der Waals surface area contributed by atoms with Crippen molar-refractivity contribution in [1.29, 1.82) is 0 Å². The molecule has 5 nitrogen and oxygen atoms in total. The second-order valence-corrected chi connectivity index (χ2v) is 4.98. The number of rotatable bonds is 3. The van der Waals surface area contributed by atoms with Gasteiger partial charge in [0.1, 0.15) is 6.33 Å². The Bertz CT molecular complexity index is 600. The van der Waals surface area contributed by atoms with Crippen LogP contribution in [0.4, 0.5) is 15.8 Å². The predicted octanol–water partition coefficient (Wildman–Crippen LogP) is 1.43. The Hall–Kier alpha value is -2.21. The highest BCUT2D eigenvalue weighted by molar-refractivity contribution is 5.53. The zero-order valence-electron chi connectivity index (χ0n) is 11.6. The number of hydrogen-bond donors (Lipinski definition) is 1. The van der Waals surface area contributed by atoms with Crippen molar-refractivity contribution >= 4 is 11.4 Å². The van der Waals surface area contributed by atoms with E-state index in [9.17, 15) is 4.39 Å². The van der Waals surface area contributed by atoms with E-state index in [4.69, 9.17) is 5.11 Å². The molecule has 2 aromatic rings. The van der Waals surface area contributed by atoms with Crippen molar-refractivity contribution in [2.75, 3.05) is 36.0 Å². The standard InChI is InChI=1S/C15H17FN4O/c16-15-12(10-21)2-1-3-14(15)20-6-4-19(5-7-20)13-8-17-11-18-9-13/h1-3,8-9,11,21H,4-7,10H2. The Labute approximate surface area is 122 Å². The van der Waals surface area contributed by atoms with E-state index >= 15 is 0 Å². The van der Waals surface area contributed by atoms with Crippen molar-refractivity contribution in [3.8, 4) is 0 Å². The fourth-order valence-electron chi connectivity index (χ4n) is 2.59. The average Bonchev–Trinajstić information content (AvgIpc) is 2.56. The average molecular weight is 288 g/mol. The molecule has 0 spiro atoms. The fourth-order valence-corrected chi connectivity index (χ4v) is 2.59. The third-order valence-corrected chi connectivity index (χ3v) is 3.76. The van der Waals surface area contributed by atoms with Crippen LogP contribution in [-0.4, -0.2) is 41.3 Å². The lowest BCUT2D eigenvalue weighted by Gasteiger charge is -2.37. The highest BCUT2D eigenvalue weighted by Crippen LogP contribution is 2.24. The number of anilines is 2. The second kappa shape index (κ2) is 6.05. The molecule has 6 heteroatoms. The van der Waals surface area contributed by atoms with Crippen LogP contribution in [0, 0.1) is 5.82 Å². The molecule has 1 aromatic carbocycles. The SMILES string of the molecule is OCc1cccc(N2CCN(c3cncnc3)CC2)c1F. The molecule has 2 heterocycles. The quantitative estimate of drug-likeness (QED) is 0.926. The normalized spacial score (nSPS) is 15.3. The van der Waals surface area contributed by atoms with Crippen LogP contribution in [0.3, 0.4) is 0 Å². The van der Waals surface area contributed by atoms with E-state index in [1.807, 2.05) is 4.90 Å². The lowest BCUT2D eigenvalue weighted by atomic mass is 10.1. The first-order chi connectivity index (χ1) is 10.3. The summed E-state index contributed by atoms with van der Waals surface area (Å²) >= 11 is 0. The molecule has 0 unspecified atom stereocenters. The fraction of sp³-hybridized carbons (Fsp3) is 0.333. The minimum Gasteiger partial charge on any atom is -0.392 e. The first-order valence-corrected chi connectivity index (χ1v) is 6.93. The van der Waals surface area contributed by atoms with Gasteiger partial charge in [0.05, 0.1) is 30.4 Å². The van der Waals surface area contributed by atoms with Gasteiger partial charge in [-0.2, -0.15) is 0 Å². The summed E-state index contributed by atoms with van der Waals surface area (Å²) in [7, 11) is 0. The van der Waals surface area contributed by atoms with Gasteiger partial charge in [-0.15, -0.1) is 0 Å². The first-order valence-electron chi connectivity index (χ1n) is 6.93. The number of aromatic nitrogens is 2. The van der Waals surface area contributed by atoms with E-state index in [1.165, 1.54) is 6.33 Å². The summed E-state index contributed by atoms with van der Waals surface area (Å²) in [6.07, 6.45) is 5.08. The zero-order valence-corrected chi connectivity index (χ0v) is 11.6. The molecule has 0 radical (unpaired) electrons. The highest BCUT2D eigenvalue weighted by atomic mass is 19.1. The molecular weight excluding hydrogens is 271 g/mol. The number of piperazine rings is 1. The lowest BCUT2D eigenvalue weighted by Crippen LogP contribution is -2.47. The Morgan fingerprint density at radius 2 is 1.71 bits per heavy atom. The van der Waals surface area contributed by atoms with Gasteiger partial charge in [0, 0.05) is 31.7 Å². The van der Waals surface area contributed by atoms with Gasteiger partial charge < -0.3 is 14.9 Å². The molecule has 1 N–H and O–H groups in total. The van der Waals surface area contributed by atoms with Crippen molar-refractivity contribution in [2.45, 2.75) is 6.61 Å². The maximum atomic E-state index is 14.2. The monoisotopic (exact) mass is 288 g/mol. The van der Waals surface area contributed by atoms with Crippen molar-refractivity contribution in [3.05, 3.63) is 48.3 Å². The Kier molecular flexibility index (Phi) is 3.96. The van der Waals surface area contributed by atoms with Gasteiger partial charge in [-0.3, -0.25) is 0 Å². The number of aliphatic hydroxyl groups is 1. The van der Waals surface area contributed by atoms with Crippen LogP contribution in [0.2, 0.25) is 0 Å². The Morgan fingerprint density at radius 3 is 2.38 bits per heavy atom. The summed E-state index contributed by atoms with van der Waals surface area (Å²) in [5.41, 5.74) is 1.89. The molecule has 0 aliphatic carbocycles. The van der Waals surface area contributed by atoms with E-state index in [2.05, 4.69) is 14.9 Å². The third-order valence-electron chi connectivity index (χ3n) is 3.76. The molecular formula is C15H17FN4O. The van der Waals surface area contributed by atoms with Crippen LogP contribution in [0.5, 0.6) is 0 Å². The van der Waals surface area contributed by atoms with E-state index in [0.29, 0.717) is 11.3 Å². The molecule has 0 bridgehead atoms. The summed E-state index contributed by atoms with van der Waals surface area (Å²) in [6.45, 7) is 2.74. The maximum absolute atomic E-state index is 14.2. The summed E-state index contributed by atoms with van der Waals surface area (Å²) in [5.74, 6) is -0.323. The molecule has 1 aromatic heterocycles. The molecule has 0 saturated carbocycles.